The summed E-state index contributed by atoms with van der Waals surface area (Å²) in [5.41, 5.74) is 6.85. The summed E-state index contributed by atoms with van der Waals surface area (Å²) in [7, 11) is 1.45. The summed E-state index contributed by atoms with van der Waals surface area (Å²) < 4.78 is 4.78. The van der Waals surface area contributed by atoms with Gasteiger partial charge in [-0.05, 0) is 12.1 Å². The van der Waals surface area contributed by atoms with E-state index in [2.05, 4.69) is 15.6 Å². The van der Waals surface area contributed by atoms with Crippen LogP contribution in [0.15, 0.2) is 36.5 Å². The number of halogens is 2. The van der Waals surface area contributed by atoms with E-state index in [4.69, 9.17) is 10.5 Å². The van der Waals surface area contributed by atoms with E-state index in [1.165, 1.54) is 7.11 Å². The minimum Gasteiger partial charge on any atom is -0.383 e. The van der Waals surface area contributed by atoms with Crippen molar-refractivity contribution in [3.05, 3.63) is 36.5 Å². The molecule has 0 spiro atoms. The number of nitrogens with two attached hydrogens (primary N) is 1. The molecule has 24 heavy (non-hydrogen) atoms. The lowest BCUT2D eigenvalue weighted by molar-refractivity contribution is -0.126. The predicted octanol–water partition coefficient (Wildman–Crippen LogP) is 1.11. The molecule has 1 atom stereocenters. The van der Waals surface area contributed by atoms with Crippen molar-refractivity contribution >= 4 is 53.2 Å². The SMILES string of the molecule is COCC(N)C(=O)NCC(=O)Nc1cccc2cccnc12.Cl.Cl. The largest absolute Gasteiger partial charge is 0.383 e. The number of aromatic nitrogens is 1. The zero-order valence-corrected chi connectivity index (χ0v) is 14.7. The average Bonchev–Trinajstić information content (AvgIpc) is 2.53. The monoisotopic (exact) mass is 374 g/mol. The minimum absolute atomic E-state index is 0. The lowest BCUT2D eigenvalue weighted by Gasteiger charge is -2.12. The highest BCUT2D eigenvalue weighted by Crippen LogP contribution is 2.20. The number of nitrogens with one attached hydrogen (secondary N) is 2. The average molecular weight is 375 g/mol. The summed E-state index contributed by atoms with van der Waals surface area (Å²) in [6.45, 7) is -0.0693. The van der Waals surface area contributed by atoms with Crippen LogP contribution in [0.1, 0.15) is 0 Å². The van der Waals surface area contributed by atoms with E-state index < -0.39 is 11.9 Å². The van der Waals surface area contributed by atoms with Crippen molar-refractivity contribution in [2.75, 3.05) is 25.6 Å². The van der Waals surface area contributed by atoms with Crippen molar-refractivity contribution in [3.63, 3.8) is 0 Å². The van der Waals surface area contributed by atoms with Crippen molar-refractivity contribution in [1.82, 2.24) is 10.3 Å². The first kappa shape index (κ1) is 22.1. The van der Waals surface area contributed by atoms with Crippen LogP contribution in [0.25, 0.3) is 10.9 Å². The van der Waals surface area contributed by atoms with Crippen LogP contribution < -0.4 is 16.4 Å². The number of amides is 2. The van der Waals surface area contributed by atoms with Gasteiger partial charge >= 0.3 is 0 Å². The summed E-state index contributed by atoms with van der Waals surface area (Å²) in [5.74, 6) is -0.788. The van der Waals surface area contributed by atoms with Gasteiger partial charge in [0.1, 0.15) is 6.04 Å². The van der Waals surface area contributed by atoms with Gasteiger partial charge in [0.2, 0.25) is 11.8 Å². The van der Waals surface area contributed by atoms with Crippen LogP contribution in [-0.4, -0.2) is 43.1 Å². The Balaban J connectivity index is 0.00000264. The zero-order valence-electron chi connectivity index (χ0n) is 13.0. The minimum atomic E-state index is -0.794. The number of para-hydroxylation sites is 1. The smallest absolute Gasteiger partial charge is 0.243 e. The van der Waals surface area contributed by atoms with Crippen LogP contribution in [0, 0.1) is 0 Å². The fourth-order valence-electron chi connectivity index (χ4n) is 1.95. The topological polar surface area (TPSA) is 106 Å². The van der Waals surface area contributed by atoms with Gasteiger partial charge in [0.15, 0.2) is 0 Å². The first-order chi connectivity index (χ1) is 10.6. The van der Waals surface area contributed by atoms with Crippen molar-refractivity contribution < 1.29 is 14.3 Å². The van der Waals surface area contributed by atoms with E-state index in [-0.39, 0.29) is 43.9 Å². The predicted molar refractivity (Wildman–Crippen MR) is 97.7 cm³/mol. The molecule has 0 aliphatic carbocycles. The third-order valence-electron chi connectivity index (χ3n) is 3.01. The number of carbonyl (C=O) groups is 2. The maximum Gasteiger partial charge on any atom is 0.243 e. The lowest BCUT2D eigenvalue weighted by Crippen LogP contribution is -2.45. The Hall–Kier alpha value is -1.93. The fourth-order valence-corrected chi connectivity index (χ4v) is 1.95. The Bertz CT molecular complexity index is 679. The molecular weight excluding hydrogens is 355 g/mol. The standard InChI is InChI=1S/C15H18N4O3.2ClH/c1-22-9-11(16)15(21)18-8-13(20)19-12-6-2-4-10-5-3-7-17-14(10)12;;/h2-7,11H,8-9,16H2,1H3,(H,18,21)(H,19,20);2*1H. The summed E-state index contributed by atoms with van der Waals surface area (Å²) in [6.07, 6.45) is 1.66. The maximum atomic E-state index is 11.9. The molecule has 4 N–H and O–H groups in total. The van der Waals surface area contributed by atoms with Gasteiger partial charge in [0, 0.05) is 18.7 Å². The lowest BCUT2D eigenvalue weighted by atomic mass is 10.2. The van der Waals surface area contributed by atoms with E-state index in [9.17, 15) is 9.59 Å². The number of fused-ring (bicyclic) bond motifs is 1. The van der Waals surface area contributed by atoms with E-state index in [1.54, 1.807) is 12.3 Å². The molecule has 9 heteroatoms. The van der Waals surface area contributed by atoms with Crippen molar-refractivity contribution in [3.8, 4) is 0 Å². The van der Waals surface area contributed by atoms with Gasteiger partial charge in [-0.25, -0.2) is 0 Å². The van der Waals surface area contributed by atoms with Gasteiger partial charge < -0.3 is 21.1 Å². The molecule has 1 aromatic carbocycles. The molecule has 2 aromatic rings. The molecular formula is C15H20Cl2N4O3. The highest BCUT2D eigenvalue weighted by molar-refractivity contribution is 6.01. The second-order valence-electron chi connectivity index (χ2n) is 4.71. The zero-order chi connectivity index (χ0) is 15.9. The summed E-state index contributed by atoms with van der Waals surface area (Å²) >= 11 is 0. The molecule has 1 unspecified atom stereocenters. The van der Waals surface area contributed by atoms with Crippen LogP contribution in [0.4, 0.5) is 5.69 Å². The highest BCUT2D eigenvalue weighted by Gasteiger charge is 2.14. The molecule has 0 saturated heterocycles. The fraction of sp³-hybridized carbons (Fsp3) is 0.267. The van der Waals surface area contributed by atoms with Crippen LogP contribution >= 0.6 is 24.8 Å². The van der Waals surface area contributed by atoms with Gasteiger partial charge in [-0.2, -0.15) is 0 Å². The molecule has 1 heterocycles. The van der Waals surface area contributed by atoms with E-state index >= 15 is 0 Å². The Morgan fingerprint density at radius 2 is 1.96 bits per heavy atom. The van der Waals surface area contributed by atoms with E-state index in [1.807, 2.05) is 24.3 Å². The van der Waals surface area contributed by atoms with Gasteiger partial charge in [0.25, 0.3) is 0 Å². The molecule has 2 rings (SSSR count). The van der Waals surface area contributed by atoms with Crippen LogP contribution in [0.5, 0.6) is 0 Å². The van der Waals surface area contributed by atoms with Crippen LogP contribution in [0.3, 0.4) is 0 Å². The number of anilines is 1. The number of benzene rings is 1. The maximum absolute atomic E-state index is 11.9. The molecule has 0 fully saturated rings. The Labute approximate surface area is 152 Å². The number of methoxy groups -OCH3 is 1. The molecule has 0 aliphatic rings. The molecule has 2 amide bonds. The Kier molecular flexibility index (Phi) is 9.91. The second kappa shape index (κ2) is 10.8. The summed E-state index contributed by atoms with van der Waals surface area (Å²) in [5, 5.41) is 6.10. The summed E-state index contributed by atoms with van der Waals surface area (Å²) in [4.78, 5) is 27.8. The molecule has 132 valence electrons. The summed E-state index contributed by atoms with van der Waals surface area (Å²) in [6, 6.07) is 8.42. The number of pyridine rings is 1. The van der Waals surface area contributed by atoms with Crippen LogP contribution in [-0.2, 0) is 14.3 Å². The number of nitrogens with zero attached hydrogens (tertiary/aromatic N) is 1. The number of ether oxygens (including phenoxy) is 1. The molecule has 1 aromatic heterocycles. The molecule has 7 nitrogen and oxygen atoms in total. The Morgan fingerprint density at radius 3 is 2.67 bits per heavy atom. The number of hydrogen-bond acceptors (Lipinski definition) is 5. The molecule has 0 aliphatic heterocycles. The number of rotatable bonds is 6. The van der Waals surface area contributed by atoms with Gasteiger partial charge in [-0.3, -0.25) is 14.6 Å². The normalized spacial score (nSPS) is 10.9. The van der Waals surface area contributed by atoms with Crippen LogP contribution in [0.2, 0.25) is 0 Å². The van der Waals surface area contributed by atoms with Gasteiger partial charge in [0.05, 0.1) is 24.4 Å². The van der Waals surface area contributed by atoms with Crippen molar-refractivity contribution in [2.45, 2.75) is 6.04 Å². The quantitative estimate of drug-likeness (QED) is 0.701. The van der Waals surface area contributed by atoms with E-state index in [0.29, 0.717) is 11.2 Å². The Morgan fingerprint density at radius 1 is 1.25 bits per heavy atom. The molecule has 0 radical (unpaired) electrons. The van der Waals surface area contributed by atoms with E-state index in [0.717, 1.165) is 5.39 Å². The van der Waals surface area contributed by atoms with Gasteiger partial charge in [-0.15, -0.1) is 24.8 Å². The third kappa shape index (κ3) is 5.93. The first-order valence-corrected chi connectivity index (χ1v) is 6.77. The van der Waals surface area contributed by atoms with Crippen molar-refractivity contribution in [2.24, 2.45) is 5.73 Å². The first-order valence-electron chi connectivity index (χ1n) is 6.77. The van der Waals surface area contributed by atoms with Crippen molar-refractivity contribution in [1.29, 1.82) is 0 Å². The highest BCUT2D eigenvalue weighted by atomic mass is 35.5. The number of hydrogen-bond donors (Lipinski definition) is 3. The number of carbonyl (C=O) groups excluding carboxylic acids is 2. The second-order valence-corrected chi connectivity index (χ2v) is 4.71. The molecule has 0 bridgehead atoms. The third-order valence-corrected chi connectivity index (χ3v) is 3.01. The molecule has 0 saturated carbocycles. The van der Waals surface area contributed by atoms with Gasteiger partial charge in [-0.1, -0.05) is 18.2 Å².